The van der Waals surface area contributed by atoms with E-state index in [1.54, 1.807) is 4.98 Å². The third-order valence-electron chi connectivity index (χ3n) is 3.44. The van der Waals surface area contributed by atoms with E-state index in [1.165, 1.54) is 0 Å². The number of hydrogen-bond acceptors (Lipinski definition) is 10. The molecule has 14 heteroatoms. The fraction of sp³-hybridized carbons (Fsp3) is 0.500. The zero-order valence-electron chi connectivity index (χ0n) is 12.2. The Bertz CT molecular complexity index is 911. The summed E-state index contributed by atoms with van der Waals surface area (Å²) < 4.78 is 39.3. The molecule has 2 aromatic heterocycles. The van der Waals surface area contributed by atoms with E-state index in [0.29, 0.717) is 0 Å². The number of H-pyrrole nitrogens is 1. The summed E-state index contributed by atoms with van der Waals surface area (Å²) in [5, 5.41) is 27.7. The van der Waals surface area contributed by atoms with Gasteiger partial charge in [0.05, 0.1) is 12.9 Å². The number of aliphatic hydroxyl groups is 3. The zero-order chi connectivity index (χ0) is 16.9. The standard InChI is InChI=1S/C10H12N4O8S.Na/c15-1-3-5(16)6(17)9(22-3)14-2-11-4-7(14)12-10(13-8(4)18)23(19,20)21;/h2-3,5-6,9,15-17H,1H2,(H,12,13,18)(H,19,20,21);/q;+1/p-1/t3-,5?,6+,9-;/m1./s1. The quantitative estimate of drug-likeness (QED) is 0.229. The van der Waals surface area contributed by atoms with E-state index in [9.17, 15) is 28.0 Å². The summed E-state index contributed by atoms with van der Waals surface area (Å²) >= 11 is 0. The number of aliphatic hydroxyl groups excluding tert-OH is 3. The van der Waals surface area contributed by atoms with E-state index >= 15 is 0 Å². The molecule has 0 radical (unpaired) electrons. The van der Waals surface area contributed by atoms with Crippen LogP contribution < -0.4 is 35.1 Å². The van der Waals surface area contributed by atoms with Gasteiger partial charge < -0.3 is 24.6 Å². The van der Waals surface area contributed by atoms with Crippen molar-refractivity contribution in [1.82, 2.24) is 19.5 Å². The first kappa shape index (κ1) is 19.4. The summed E-state index contributed by atoms with van der Waals surface area (Å²) in [6.07, 6.45) is -4.22. The monoisotopic (exact) mass is 370 g/mol. The largest absolute Gasteiger partial charge is 1.00 e. The molecule has 0 amide bonds. The fourth-order valence-corrected chi connectivity index (χ4v) is 2.74. The molecule has 2 aromatic rings. The number of hydrogen-bond donors (Lipinski definition) is 4. The molecular weight excluding hydrogens is 359 g/mol. The molecule has 1 fully saturated rings. The molecule has 126 valence electrons. The Morgan fingerprint density at radius 2 is 2.04 bits per heavy atom. The van der Waals surface area contributed by atoms with Gasteiger partial charge in [0.25, 0.3) is 5.56 Å². The van der Waals surface area contributed by atoms with E-state index < -0.39 is 52.0 Å². The minimum absolute atomic E-state index is 0. The molecule has 4 atom stereocenters. The normalized spacial score (nSPS) is 27.3. The van der Waals surface area contributed by atoms with Crippen molar-refractivity contribution in [2.75, 3.05) is 6.61 Å². The van der Waals surface area contributed by atoms with Gasteiger partial charge in [0, 0.05) is 0 Å². The smallest absolute Gasteiger partial charge is 0.742 e. The predicted octanol–water partition coefficient (Wildman–Crippen LogP) is -6.36. The molecule has 1 aliphatic rings. The Hall–Kier alpha value is -0.900. The van der Waals surface area contributed by atoms with E-state index in [2.05, 4.69) is 9.97 Å². The Kier molecular flexibility index (Phi) is 5.49. The molecule has 1 aliphatic heterocycles. The van der Waals surface area contributed by atoms with Crippen molar-refractivity contribution in [3.05, 3.63) is 16.7 Å². The third-order valence-corrected chi connectivity index (χ3v) is 4.11. The maximum atomic E-state index is 11.8. The van der Waals surface area contributed by atoms with Crippen LogP contribution in [-0.4, -0.2) is 72.7 Å². The topological polar surface area (TPSA) is 191 Å². The van der Waals surface area contributed by atoms with E-state index in [-0.39, 0.29) is 40.7 Å². The molecule has 4 N–H and O–H groups in total. The first-order valence-corrected chi connectivity index (χ1v) is 7.70. The van der Waals surface area contributed by atoms with Crippen LogP contribution in [0.15, 0.2) is 16.3 Å². The molecule has 3 heterocycles. The number of imidazole rings is 1. The Labute approximate surface area is 156 Å². The van der Waals surface area contributed by atoms with Crippen molar-refractivity contribution in [3.63, 3.8) is 0 Å². The summed E-state index contributed by atoms with van der Waals surface area (Å²) in [5.41, 5.74) is -1.57. The van der Waals surface area contributed by atoms with Crippen molar-refractivity contribution in [2.24, 2.45) is 0 Å². The van der Waals surface area contributed by atoms with Gasteiger partial charge in [-0.3, -0.25) is 14.3 Å². The summed E-state index contributed by atoms with van der Waals surface area (Å²) in [5.74, 6) is 0. The number of nitrogens with one attached hydrogen (secondary N) is 1. The predicted molar refractivity (Wildman–Crippen MR) is 69.1 cm³/mol. The summed E-state index contributed by atoms with van der Waals surface area (Å²) in [4.78, 5) is 20.8. The summed E-state index contributed by atoms with van der Waals surface area (Å²) in [6.45, 7) is -0.574. The molecular formula is C10H11N4NaO8S. The van der Waals surface area contributed by atoms with Gasteiger partial charge in [-0.2, -0.15) is 0 Å². The minimum atomic E-state index is -5.03. The molecule has 0 aromatic carbocycles. The van der Waals surface area contributed by atoms with Crippen LogP contribution in [0.2, 0.25) is 0 Å². The number of aromatic nitrogens is 4. The third kappa shape index (κ3) is 3.14. The number of fused-ring (bicyclic) bond motifs is 1. The summed E-state index contributed by atoms with van der Waals surface area (Å²) in [6, 6.07) is 0. The minimum Gasteiger partial charge on any atom is -0.742 e. The molecule has 12 nitrogen and oxygen atoms in total. The Morgan fingerprint density at radius 3 is 2.58 bits per heavy atom. The second-order valence-corrected chi connectivity index (χ2v) is 6.17. The van der Waals surface area contributed by atoms with Crippen molar-refractivity contribution >= 4 is 21.3 Å². The van der Waals surface area contributed by atoms with Gasteiger partial charge in [0.15, 0.2) is 27.5 Å². The number of aromatic amines is 1. The molecule has 0 aliphatic carbocycles. The van der Waals surface area contributed by atoms with Crippen LogP contribution in [-0.2, 0) is 14.9 Å². The first-order valence-electron chi connectivity index (χ1n) is 6.29. The molecule has 1 unspecified atom stereocenters. The van der Waals surface area contributed by atoms with Gasteiger partial charge in [-0.15, -0.1) is 0 Å². The number of nitrogens with zero attached hydrogens (tertiary/aromatic N) is 3. The van der Waals surface area contributed by atoms with Gasteiger partial charge >= 0.3 is 29.6 Å². The average molecular weight is 370 g/mol. The van der Waals surface area contributed by atoms with Crippen molar-refractivity contribution < 1.29 is 62.6 Å². The van der Waals surface area contributed by atoms with Crippen molar-refractivity contribution in [2.45, 2.75) is 29.7 Å². The first-order chi connectivity index (χ1) is 10.7. The van der Waals surface area contributed by atoms with Crippen LogP contribution in [0.25, 0.3) is 11.2 Å². The molecule has 0 saturated carbocycles. The van der Waals surface area contributed by atoms with Gasteiger partial charge in [0.2, 0.25) is 5.16 Å². The van der Waals surface area contributed by atoms with Gasteiger partial charge in [-0.25, -0.2) is 18.4 Å². The second kappa shape index (κ2) is 6.78. The van der Waals surface area contributed by atoms with E-state index in [0.717, 1.165) is 10.9 Å². The van der Waals surface area contributed by atoms with Crippen LogP contribution in [0.5, 0.6) is 0 Å². The zero-order valence-corrected chi connectivity index (χ0v) is 15.0. The van der Waals surface area contributed by atoms with Gasteiger partial charge in [0.1, 0.15) is 18.3 Å². The fourth-order valence-electron chi connectivity index (χ4n) is 2.32. The van der Waals surface area contributed by atoms with E-state index in [4.69, 9.17) is 9.84 Å². The average Bonchev–Trinajstić information content (AvgIpc) is 3.01. The number of ether oxygens (including phenoxy) is 1. The Morgan fingerprint density at radius 1 is 1.38 bits per heavy atom. The molecule has 3 rings (SSSR count). The SMILES string of the molecule is O=c1[nH]c(S(=O)(=O)[O-])nc2c1ncn2[C@@H]1O[C@H](CO)C(O)[C@@H]1O.[Na+]. The number of rotatable bonds is 3. The van der Waals surface area contributed by atoms with E-state index in [1.807, 2.05) is 0 Å². The van der Waals surface area contributed by atoms with Crippen LogP contribution in [0.1, 0.15) is 6.23 Å². The van der Waals surface area contributed by atoms with Crippen LogP contribution in [0.3, 0.4) is 0 Å². The van der Waals surface area contributed by atoms with Crippen molar-refractivity contribution in [3.8, 4) is 0 Å². The Balaban J connectivity index is 0.00000208. The maximum Gasteiger partial charge on any atom is 1.00 e. The van der Waals surface area contributed by atoms with Crippen LogP contribution in [0, 0.1) is 0 Å². The molecule has 0 spiro atoms. The van der Waals surface area contributed by atoms with Crippen LogP contribution >= 0.6 is 0 Å². The molecule has 24 heavy (non-hydrogen) atoms. The van der Waals surface area contributed by atoms with Gasteiger partial charge in [-0.05, 0) is 0 Å². The second-order valence-electron chi connectivity index (χ2n) is 4.88. The molecule has 0 bridgehead atoms. The van der Waals surface area contributed by atoms with Crippen LogP contribution in [0.4, 0.5) is 0 Å². The molecule has 1 saturated heterocycles. The maximum absolute atomic E-state index is 11.8. The van der Waals surface area contributed by atoms with Gasteiger partial charge in [-0.1, -0.05) is 0 Å². The van der Waals surface area contributed by atoms with Crippen molar-refractivity contribution in [1.29, 1.82) is 0 Å². The summed E-state index contributed by atoms with van der Waals surface area (Å²) in [7, 11) is -5.03.